The molecule has 0 aromatic heterocycles. The van der Waals surface area contributed by atoms with Crippen molar-refractivity contribution in [1.82, 2.24) is 15.0 Å². The lowest BCUT2D eigenvalue weighted by Gasteiger charge is -1.98. The van der Waals surface area contributed by atoms with Gasteiger partial charge >= 0.3 is 5.69 Å². The maximum absolute atomic E-state index is 11.4. The highest BCUT2D eigenvalue weighted by Crippen LogP contribution is 2.27. The van der Waals surface area contributed by atoms with Crippen molar-refractivity contribution < 1.29 is 0 Å². The van der Waals surface area contributed by atoms with Crippen LogP contribution in [-0.2, 0) is 0 Å². The van der Waals surface area contributed by atoms with Crippen LogP contribution in [-0.4, -0.2) is 15.0 Å². The summed E-state index contributed by atoms with van der Waals surface area (Å²) in [7, 11) is 0. The fourth-order valence-corrected chi connectivity index (χ4v) is 1.53. The first kappa shape index (κ1) is 7.25. The number of hydrogen-bond donors (Lipinski definition) is 0. The second-order valence-corrected chi connectivity index (χ2v) is 2.96. The summed E-state index contributed by atoms with van der Waals surface area (Å²) in [5, 5.41) is 0. The normalized spacial score (nSPS) is 11.4. The molecule has 14 heavy (non-hydrogen) atoms. The second kappa shape index (κ2) is 2.20. The van der Waals surface area contributed by atoms with E-state index in [1.807, 2.05) is 0 Å². The smallest absolute Gasteiger partial charge is 0.287 e. The van der Waals surface area contributed by atoms with Crippen LogP contribution in [0.1, 0.15) is 0 Å². The van der Waals surface area contributed by atoms with Crippen LogP contribution in [0.25, 0.3) is 22.6 Å². The molecule has 3 aliphatic rings. The highest BCUT2D eigenvalue weighted by molar-refractivity contribution is 5.79. The van der Waals surface area contributed by atoms with E-state index in [4.69, 9.17) is 0 Å². The highest BCUT2D eigenvalue weighted by Gasteiger charge is 2.21. The summed E-state index contributed by atoms with van der Waals surface area (Å²) < 4.78 is 0. The second-order valence-electron chi connectivity index (χ2n) is 2.96. The number of imidazole rings is 1. The highest BCUT2D eigenvalue weighted by atomic mass is 16.1. The monoisotopic (exact) mass is 185 g/mol. The molecule has 2 heterocycles. The molecule has 2 aliphatic heterocycles. The van der Waals surface area contributed by atoms with Gasteiger partial charge in [-0.3, -0.25) is 9.78 Å². The molecule has 0 N–H and O–H groups in total. The molecule has 0 bridgehead atoms. The number of nitrogens with zero attached hydrogens (tertiary/aromatic N) is 3. The van der Waals surface area contributed by atoms with Crippen LogP contribution in [0.4, 0.5) is 0 Å². The third-order valence-electron chi connectivity index (χ3n) is 2.11. The summed E-state index contributed by atoms with van der Waals surface area (Å²) in [6, 6.07) is 3.12. The molecule has 0 atom stereocenters. The van der Waals surface area contributed by atoms with Crippen molar-refractivity contribution in [3.05, 3.63) is 39.0 Å². The lowest BCUT2D eigenvalue weighted by atomic mass is 10.1. The molecule has 0 fully saturated rings. The molecule has 66 valence electrons. The summed E-state index contributed by atoms with van der Waals surface area (Å²) in [4.78, 5) is 33.5. The van der Waals surface area contributed by atoms with Crippen molar-refractivity contribution in [2.45, 2.75) is 0 Å². The van der Waals surface area contributed by atoms with Gasteiger partial charge in [0.25, 0.3) is 0 Å². The first-order chi connectivity index (χ1) is 6.75. The predicted octanol–water partition coefficient (Wildman–Crippen LogP) is -0.323. The Kier molecular flexibility index (Phi) is 1.14. The molecular weight excluding hydrogens is 182 g/mol. The molecule has 0 radical (unpaired) electrons. The number of rotatable bonds is 0. The van der Waals surface area contributed by atoms with Crippen molar-refractivity contribution in [3.8, 4) is 22.6 Å². The average molecular weight is 185 g/mol. The molecule has 0 amide bonds. The third-order valence-corrected chi connectivity index (χ3v) is 2.11. The van der Waals surface area contributed by atoms with Gasteiger partial charge in [0.15, 0.2) is 0 Å². The fraction of sp³-hybridized carbons (Fsp3) is 0. The molecule has 0 aromatic rings. The van der Waals surface area contributed by atoms with E-state index in [9.17, 15) is 9.59 Å². The third kappa shape index (κ3) is 0.756. The zero-order valence-electron chi connectivity index (χ0n) is 6.89. The molecule has 0 spiro atoms. The number of fused-ring (bicyclic) bond motifs is 3. The van der Waals surface area contributed by atoms with Crippen molar-refractivity contribution in [2.75, 3.05) is 0 Å². The van der Waals surface area contributed by atoms with Crippen LogP contribution >= 0.6 is 0 Å². The van der Waals surface area contributed by atoms with E-state index < -0.39 is 5.69 Å². The Morgan fingerprint density at radius 3 is 2.64 bits per heavy atom. The molecule has 0 unspecified atom stereocenters. The van der Waals surface area contributed by atoms with Gasteiger partial charge in [0.2, 0.25) is 5.43 Å². The molecular formula is C9H3N3O2. The Balaban J connectivity index is 2.60. The minimum Gasteiger partial charge on any atom is -0.287 e. The Hall–Kier alpha value is -2.17. The van der Waals surface area contributed by atoms with Crippen molar-refractivity contribution in [2.24, 2.45) is 0 Å². The fourth-order valence-electron chi connectivity index (χ4n) is 1.53. The predicted molar refractivity (Wildman–Crippen MR) is 48.0 cm³/mol. The van der Waals surface area contributed by atoms with E-state index in [-0.39, 0.29) is 11.1 Å². The summed E-state index contributed by atoms with van der Waals surface area (Å²) in [6.45, 7) is 0. The van der Waals surface area contributed by atoms with Crippen LogP contribution in [0.2, 0.25) is 0 Å². The SMILES string of the molecule is O=c1nc2c3nccc-3cc(=O)c-2n1. The van der Waals surface area contributed by atoms with Gasteiger partial charge in [0.1, 0.15) is 11.4 Å². The van der Waals surface area contributed by atoms with Crippen LogP contribution in [0.3, 0.4) is 0 Å². The van der Waals surface area contributed by atoms with Crippen molar-refractivity contribution in [3.63, 3.8) is 0 Å². The molecule has 3 rings (SSSR count). The minimum atomic E-state index is -0.632. The van der Waals surface area contributed by atoms with Gasteiger partial charge in [0, 0.05) is 11.8 Å². The Morgan fingerprint density at radius 2 is 1.79 bits per heavy atom. The quantitative estimate of drug-likeness (QED) is 0.479. The number of hydrogen-bond acceptors (Lipinski definition) is 5. The lowest BCUT2D eigenvalue weighted by Crippen LogP contribution is -2.06. The number of aromatic nitrogens is 3. The van der Waals surface area contributed by atoms with Crippen molar-refractivity contribution >= 4 is 0 Å². The molecule has 0 aromatic carbocycles. The molecule has 0 saturated carbocycles. The molecule has 0 saturated heterocycles. The Morgan fingerprint density at radius 1 is 1.00 bits per heavy atom. The first-order valence-corrected chi connectivity index (χ1v) is 3.98. The average Bonchev–Trinajstić information content (AvgIpc) is 2.69. The van der Waals surface area contributed by atoms with Crippen molar-refractivity contribution in [1.29, 1.82) is 0 Å². The summed E-state index contributed by atoms with van der Waals surface area (Å²) in [6.07, 6.45) is 1.57. The summed E-state index contributed by atoms with van der Waals surface area (Å²) in [5.41, 5.74) is 0.767. The van der Waals surface area contributed by atoms with Gasteiger partial charge < -0.3 is 0 Å². The largest absolute Gasteiger partial charge is 0.368 e. The van der Waals surface area contributed by atoms with E-state index in [1.165, 1.54) is 6.07 Å². The van der Waals surface area contributed by atoms with Gasteiger partial charge in [0.05, 0.1) is 5.69 Å². The zero-order chi connectivity index (χ0) is 9.71. The molecule has 5 nitrogen and oxygen atoms in total. The van der Waals surface area contributed by atoms with Gasteiger partial charge in [-0.2, -0.15) is 9.97 Å². The van der Waals surface area contributed by atoms with E-state index >= 15 is 0 Å². The summed E-state index contributed by atoms with van der Waals surface area (Å²) >= 11 is 0. The summed E-state index contributed by atoms with van der Waals surface area (Å²) in [5.74, 6) is 0. The van der Waals surface area contributed by atoms with E-state index in [2.05, 4.69) is 15.0 Å². The van der Waals surface area contributed by atoms with E-state index in [0.717, 1.165) is 0 Å². The van der Waals surface area contributed by atoms with Crippen LogP contribution in [0, 0.1) is 0 Å². The van der Waals surface area contributed by atoms with Gasteiger partial charge in [-0.1, -0.05) is 0 Å². The maximum Gasteiger partial charge on any atom is 0.368 e. The molecule has 1 aliphatic carbocycles. The van der Waals surface area contributed by atoms with Crippen LogP contribution < -0.4 is 11.1 Å². The minimum absolute atomic E-state index is 0.112. The van der Waals surface area contributed by atoms with E-state index in [0.29, 0.717) is 17.0 Å². The standard InChI is InChI=1S/C9H3N3O2/c13-5-3-4-1-2-10-6(4)8-7(5)11-9(14)12-8/h1-3H. The van der Waals surface area contributed by atoms with Gasteiger partial charge in [-0.05, 0) is 12.1 Å². The topological polar surface area (TPSA) is 72.8 Å². The first-order valence-electron chi connectivity index (χ1n) is 3.98. The maximum atomic E-state index is 11.4. The van der Waals surface area contributed by atoms with Crippen LogP contribution in [0.15, 0.2) is 27.9 Å². The lowest BCUT2D eigenvalue weighted by molar-refractivity contribution is 1.20. The Labute approximate surface area is 77.5 Å². The Bertz CT molecular complexity index is 639. The number of benzene rings is 1. The van der Waals surface area contributed by atoms with Crippen LogP contribution in [0.5, 0.6) is 0 Å². The van der Waals surface area contributed by atoms with Gasteiger partial charge in [-0.15, -0.1) is 0 Å². The van der Waals surface area contributed by atoms with Gasteiger partial charge in [-0.25, -0.2) is 4.79 Å². The molecule has 5 heteroatoms. The zero-order valence-corrected chi connectivity index (χ0v) is 6.89. The van der Waals surface area contributed by atoms with E-state index in [1.54, 1.807) is 12.3 Å².